The molecule has 1 rings (SSSR count). The molecule has 33 heavy (non-hydrogen) atoms. The SMILES string of the molecule is CCCCCCCC(CCCCC)CN(C)CCC1(CCC(CC)CCCCCC)COC1. The molecule has 198 valence electrons. The fourth-order valence-electron chi connectivity index (χ4n) is 5.73. The molecule has 1 saturated heterocycles. The van der Waals surface area contributed by atoms with Crippen molar-refractivity contribution in [2.75, 3.05) is 33.4 Å². The van der Waals surface area contributed by atoms with Gasteiger partial charge < -0.3 is 9.64 Å². The van der Waals surface area contributed by atoms with Gasteiger partial charge in [0.15, 0.2) is 0 Å². The maximum absolute atomic E-state index is 5.76. The summed E-state index contributed by atoms with van der Waals surface area (Å²) in [5, 5.41) is 0. The van der Waals surface area contributed by atoms with Gasteiger partial charge in [0, 0.05) is 12.0 Å². The van der Waals surface area contributed by atoms with Gasteiger partial charge in [0.1, 0.15) is 0 Å². The van der Waals surface area contributed by atoms with E-state index >= 15 is 0 Å². The van der Waals surface area contributed by atoms with Crippen LogP contribution in [0.3, 0.4) is 0 Å². The topological polar surface area (TPSA) is 12.5 Å². The van der Waals surface area contributed by atoms with Gasteiger partial charge in [-0.3, -0.25) is 0 Å². The molecule has 0 bridgehead atoms. The number of hydrogen-bond donors (Lipinski definition) is 0. The van der Waals surface area contributed by atoms with Crippen molar-refractivity contribution in [2.24, 2.45) is 17.3 Å². The lowest BCUT2D eigenvalue weighted by Crippen LogP contribution is -2.45. The standard InChI is InChI=1S/C31H63NO/c1-6-10-13-15-18-21-30(20-16-12-8-3)26-32(5)25-24-31(27-33-28-31)23-22-29(9-4)19-17-14-11-7-2/h29-30H,6-28H2,1-5H3. The molecule has 2 atom stereocenters. The molecule has 1 heterocycles. The number of nitrogens with zero attached hydrogens (tertiary/aromatic N) is 1. The number of ether oxygens (including phenoxy) is 1. The molecular formula is C31H63NO. The summed E-state index contributed by atoms with van der Waals surface area (Å²) < 4.78 is 5.76. The van der Waals surface area contributed by atoms with Gasteiger partial charge in [0.2, 0.25) is 0 Å². The zero-order valence-corrected chi connectivity index (χ0v) is 23.8. The van der Waals surface area contributed by atoms with Crippen LogP contribution < -0.4 is 0 Å². The molecule has 0 saturated carbocycles. The van der Waals surface area contributed by atoms with E-state index in [4.69, 9.17) is 4.74 Å². The van der Waals surface area contributed by atoms with Crippen LogP contribution in [0.1, 0.15) is 150 Å². The first-order valence-corrected chi connectivity index (χ1v) is 15.3. The van der Waals surface area contributed by atoms with Gasteiger partial charge >= 0.3 is 0 Å². The van der Waals surface area contributed by atoms with E-state index in [0.717, 1.165) is 25.0 Å². The van der Waals surface area contributed by atoms with Crippen LogP contribution in [0, 0.1) is 17.3 Å². The van der Waals surface area contributed by atoms with Gasteiger partial charge in [0.05, 0.1) is 13.2 Å². The number of unbranched alkanes of at least 4 members (excludes halogenated alkanes) is 9. The van der Waals surface area contributed by atoms with E-state index in [-0.39, 0.29) is 0 Å². The molecule has 1 aliphatic rings. The summed E-state index contributed by atoms with van der Waals surface area (Å²) in [5.41, 5.74) is 0.489. The third-order valence-electron chi connectivity index (χ3n) is 8.47. The summed E-state index contributed by atoms with van der Waals surface area (Å²) in [6.45, 7) is 14.0. The Morgan fingerprint density at radius 1 is 0.636 bits per heavy atom. The van der Waals surface area contributed by atoms with Crippen LogP contribution in [0.4, 0.5) is 0 Å². The monoisotopic (exact) mass is 465 g/mol. The van der Waals surface area contributed by atoms with E-state index in [9.17, 15) is 0 Å². The molecule has 2 nitrogen and oxygen atoms in total. The molecule has 1 aliphatic heterocycles. The Kier molecular flexibility index (Phi) is 18.9. The molecule has 2 unspecified atom stereocenters. The predicted octanol–water partition coefficient (Wildman–Crippen LogP) is 9.66. The van der Waals surface area contributed by atoms with Crippen molar-refractivity contribution >= 4 is 0 Å². The highest BCUT2D eigenvalue weighted by molar-refractivity contribution is 4.87. The Morgan fingerprint density at radius 3 is 1.70 bits per heavy atom. The zero-order valence-electron chi connectivity index (χ0n) is 23.8. The van der Waals surface area contributed by atoms with Crippen LogP contribution in [0.2, 0.25) is 0 Å². The fraction of sp³-hybridized carbons (Fsp3) is 1.00. The lowest BCUT2D eigenvalue weighted by Gasteiger charge is -2.43. The first-order valence-electron chi connectivity index (χ1n) is 15.3. The fourth-order valence-corrected chi connectivity index (χ4v) is 5.73. The molecular weight excluding hydrogens is 402 g/mol. The van der Waals surface area contributed by atoms with E-state index in [1.54, 1.807) is 0 Å². The Morgan fingerprint density at radius 2 is 1.15 bits per heavy atom. The maximum atomic E-state index is 5.76. The van der Waals surface area contributed by atoms with Crippen molar-refractivity contribution in [3.8, 4) is 0 Å². The smallest absolute Gasteiger partial charge is 0.0545 e. The summed E-state index contributed by atoms with van der Waals surface area (Å²) >= 11 is 0. The molecule has 0 radical (unpaired) electrons. The van der Waals surface area contributed by atoms with Crippen LogP contribution in [0.15, 0.2) is 0 Å². The van der Waals surface area contributed by atoms with Crippen LogP contribution in [0.5, 0.6) is 0 Å². The number of rotatable bonds is 24. The molecule has 1 fully saturated rings. The second kappa shape index (κ2) is 20.1. The van der Waals surface area contributed by atoms with E-state index in [1.165, 1.54) is 135 Å². The van der Waals surface area contributed by atoms with Gasteiger partial charge in [-0.05, 0) is 57.5 Å². The van der Waals surface area contributed by atoms with Gasteiger partial charge in [-0.25, -0.2) is 0 Å². The second-order valence-electron chi connectivity index (χ2n) is 11.7. The van der Waals surface area contributed by atoms with Crippen LogP contribution in [-0.2, 0) is 4.74 Å². The first kappa shape index (κ1) is 31.0. The van der Waals surface area contributed by atoms with Gasteiger partial charge in [-0.1, -0.05) is 118 Å². The quantitative estimate of drug-likeness (QED) is 0.131. The summed E-state index contributed by atoms with van der Waals surface area (Å²) in [7, 11) is 2.39. The summed E-state index contributed by atoms with van der Waals surface area (Å²) in [5.74, 6) is 1.84. The van der Waals surface area contributed by atoms with Crippen molar-refractivity contribution < 1.29 is 4.74 Å². The Labute approximate surface area is 210 Å². The zero-order chi connectivity index (χ0) is 24.2. The van der Waals surface area contributed by atoms with Crippen LogP contribution in [-0.4, -0.2) is 38.3 Å². The minimum Gasteiger partial charge on any atom is -0.380 e. The summed E-state index contributed by atoms with van der Waals surface area (Å²) in [6.07, 6.45) is 26.8. The molecule has 0 aromatic carbocycles. The average molecular weight is 466 g/mol. The predicted molar refractivity (Wildman–Crippen MR) is 148 cm³/mol. The van der Waals surface area contributed by atoms with Crippen molar-refractivity contribution in [1.82, 2.24) is 4.90 Å². The lowest BCUT2D eigenvalue weighted by atomic mass is 9.75. The van der Waals surface area contributed by atoms with Gasteiger partial charge in [-0.15, -0.1) is 0 Å². The van der Waals surface area contributed by atoms with Crippen molar-refractivity contribution in [2.45, 2.75) is 150 Å². The van der Waals surface area contributed by atoms with Crippen molar-refractivity contribution in [1.29, 1.82) is 0 Å². The first-order chi connectivity index (χ1) is 16.1. The number of hydrogen-bond acceptors (Lipinski definition) is 2. The van der Waals surface area contributed by atoms with Crippen molar-refractivity contribution in [3.05, 3.63) is 0 Å². The Balaban J connectivity index is 2.38. The largest absolute Gasteiger partial charge is 0.380 e. The van der Waals surface area contributed by atoms with Crippen molar-refractivity contribution in [3.63, 3.8) is 0 Å². The van der Waals surface area contributed by atoms with E-state index < -0.39 is 0 Å². The molecule has 0 spiro atoms. The van der Waals surface area contributed by atoms with Gasteiger partial charge in [-0.2, -0.15) is 0 Å². The highest BCUT2D eigenvalue weighted by Crippen LogP contribution is 2.39. The Hall–Kier alpha value is -0.0800. The second-order valence-corrected chi connectivity index (χ2v) is 11.7. The Bertz CT molecular complexity index is 419. The third-order valence-corrected chi connectivity index (χ3v) is 8.47. The van der Waals surface area contributed by atoms with Crippen LogP contribution >= 0.6 is 0 Å². The molecule has 0 aliphatic carbocycles. The van der Waals surface area contributed by atoms with E-state index in [1.807, 2.05) is 0 Å². The highest BCUT2D eigenvalue weighted by atomic mass is 16.5. The summed E-state index contributed by atoms with van der Waals surface area (Å²) in [6, 6.07) is 0. The molecule has 0 amide bonds. The normalized spacial score (nSPS) is 17.3. The lowest BCUT2D eigenvalue weighted by molar-refractivity contribution is -0.126. The van der Waals surface area contributed by atoms with E-state index in [0.29, 0.717) is 5.41 Å². The maximum Gasteiger partial charge on any atom is 0.0545 e. The minimum atomic E-state index is 0.489. The average Bonchev–Trinajstić information content (AvgIpc) is 2.79. The molecule has 0 aromatic heterocycles. The summed E-state index contributed by atoms with van der Waals surface area (Å²) in [4.78, 5) is 2.67. The third kappa shape index (κ3) is 14.8. The van der Waals surface area contributed by atoms with E-state index in [2.05, 4.69) is 39.6 Å². The highest BCUT2D eigenvalue weighted by Gasteiger charge is 2.38. The molecule has 0 N–H and O–H groups in total. The van der Waals surface area contributed by atoms with Crippen LogP contribution in [0.25, 0.3) is 0 Å². The molecule has 2 heteroatoms. The minimum absolute atomic E-state index is 0.489. The molecule has 0 aromatic rings. The van der Waals surface area contributed by atoms with Gasteiger partial charge in [0.25, 0.3) is 0 Å².